The smallest absolute Gasteiger partial charge is 0.462 e. The van der Waals surface area contributed by atoms with Crippen LogP contribution in [0.2, 0.25) is 0 Å². The quantitative estimate of drug-likeness (QED) is 0.0222. The van der Waals surface area contributed by atoms with E-state index in [1.807, 2.05) is 0 Å². The summed E-state index contributed by atoms with van der Waals surface area (Å²) in [5.41, 5.74) is 0. The van der Waals surface area contributed by atoms with Gasteiger partial charge in [0.05, 0.1) is 26.4 Å². The first-order valence-electron chi connectivity index (χ1n) is 36.7. The summed E-state index contributed by atoms with van der Waals surface area (Å²) in [4.78, 5) is 72.5. The Labute approximate surface area is 549 Å². The van der Waals surface area contributed by atoms with Crippen LogP contribution in [0, 0.1) is 23.7 Å². The lowest BCUT2D eigenvalue weighted by molar-refractivity contribution is -0.161. The normalized spacial score (nSPS) is 14.3. The second kappa shape index (κ2) is 60.7. The number of hydrogen-bond donors (Lipinski definition) is 3. The molecule has 0 radical (unpaired) electrons. The van der Waals surface area contributed by atoms with E-state index >= 15 is 0 Å². The summed E-state index contributed by atoms with van der Waals surface area (Å²) >= 11 is 0. The zero-order chi connectivity index (χ0) is 66.8. The SMILES string of the molecule is CC(C)CCCCCCCCCCCCCCCC(=O)OC[C@H](COP(=O)(O)OCC(O)COP(=O)(O)OC[C@@H](COC(=O)CCCCCCCCCC(C)C)OC(=O)CCCCCCCCCCCCCC(C)C)OC(=O)CCCCCCCCCC(C)C. The molecule has 0 rings (SSSR count). The highest BCUT2D eigenvalue weighted by atomic mass is 31.2. The molecule has 0 aliphatic carbocycles. The van der Waals surface area contributed by atoms with Gasteiger partial charge in [0.1, 0.15) is 19.3 Å². The van der Waals surface area contributed by atoms with E-state index in [-0.39, 0.29) is 25.7 Å². The van der Waals surface area contributed by atoms with E-state index in [4.69, 9.17) is 37.0 Å². The number of carbonyl (C=O) groups is 4. The summed E-state index contributed by atoms with van der Waals surface area (Å²) in [6, 6.07) is 0. The first-order chi connectivity index (χ1) is 43.1. The molecule has 0 saturated heterocycles. The predicted molar refractivity (Wildman–Crippen MR) is 363 cm³/mol. The molecule has 19 heteroatoms. The lowest BCUT2D eigenvalue weighted by atomic mass is 10.0. The van der Waals surface area contributed by atoms with Crippen LogP contribution >= 0.6 is 15.6 Å². The number of ether oxygens (including phenoxy) is 4. The van der Waals surface area contributed by atoms with Gasteiger partial charge in [-0.15, -0.1) is 0 Å². The number of rotatable bonds is 68. The van der Waals surface area contributed by atoms with Crippen LogP contribution in [0.1, 0.15) is 351 Å². The van der Waals surface area contributed by atoms with Crippen molar-refractivity contribution in [2.75, 3.05) is 39.6 Å². The number of phosphoric acid groups is 2. The number of aliphatic hydroxyl groups is 1. The molecule has 90 heavy (non-hydrogen) atoms. The fourth-order valence-corrected chi connectivity index (χ4v) is 12.2. The first kappa shape index (κ1) is 88.1. The molecule has 534 valence electrons. The highest BCUT2D eigenvalue weighted by molar-refractivity contribution is 7.47. The molecule has 0 aliphatic rings. The van der Waals surface area contributed by atoms with Crippen LogP contribution in [0.5, 0.6) is 0 Å². The second-order valence-corrected chi connectivity index (χ2v) is 30.4. The van der Waals surface area contributed by atoms with Crippen molar-refractivity contribution in [3.63, 3.8) is 0 Å². The molecule has 0 spiro atoms. The molecule has 3 unspecified atom stereocenters. The van der Waals surface area contributed by atoms with Gasteiger partial charge in [0.25, 0.3) is 0 Å². The minimum Gasteiger partial charge on any atom is -0.462 e. The minimum absolute atomic E-state index is 0.103. The van der Waals surface area contributed by atoms with Crippen molar-refractivity contribution < 1.29 is 80.2 Å². The zero-order valence-corrected chi connectivity index (χ0v) is 60.6. The van der Waals surface area contributed by atoms with E-state index < -0.39 is 97.5 Å². The number of esters is 4. The maximum Gasteiger partial charge on any atom is 0.472 e. The highest BCUT2D eigenvalue weighted by Crippen LogP contribution is 2.45. The van der Waals surface area contributed by atoms with Gasteiger partial charge in [-0.1, -0.05) is 299 Å². The Morgan fingerprint density at radius 2 is 0.467 bits per heavy atom. The Balaban J connectivity index is 5.22. The van der Waals surface area contributed by atoms with Crippen LogP contribution in [0.4, 0.5) is 0 Å². The van der Waals surface area contributed by atoms with Gasteiger partial charge in [-0.25, -0.2) is 9.13 Å². The number of aliphatic hydroxyl groups excluding tert-OH is 1. The van der Waals surface area contributed by atoms with Crippen molar-refractivity contribution in [2.45, 2.75) is 369 Å². The zero-order valence-electron chi connectivity index (χ0n) is 58.8. The van der Waals surface area contributed by atoms with Crippen molar-refractivity contribution in [3.8, 4) is 0 Å². The molecule has 0 aromatic carbocycles. The van der Waals surface area contributed by atoms with Gasteiger partial charge in [0, 0.05) is 25.7 Å². The van der Waals surface area contributed by atoms with E-state index in [1.54, 1.807) is 0 Å². The molecular formula is C71H138O17P2. The Bertz CT molecular complexity index is 1780. The fourth-order valence-electron chi connectivity index (χ4n) is 10.7. The average molecular weight is 1330 g/mol. The van der Waals surface area contributed by atoms with Crippen LogP contribution in [0.25, 0.3) is 0 Å². The second-order valence-electron chi connectivity index (χ2n) is 27.5. The molecule has 17 nitrogen and oxygen atoms in total. The monoisotopic (exact) mass is 1320 g/mol. The maximum absolute atomic E-state index is 13.0. The van der Waals surface area contributed by atoms with Gasteiger partial charge >= 0.3 is 39.5 Å². The molecule has 3 N–H and O–H groups in total. The molecule has 0 bridgehead atoms. The van der Waals surface area contributed by atoms with Crippen molar-refractivity contribution in [2.24, 2.45) is 23.7 Å². The van der Waals surface area contributed by atoms with Crippen molar-refractivity contribution in [1.82, 2.24) is 0 Å². The maximum atomic E-state index is 13.0. The molecular weight excluding hydrogens is 1190 g/mol. The third-order valence-corrected chi connectivity index (χ3v) is 18.2. The van der Waals surface area contributed by atoms with E-state index in [1.165, 1.54) is 148 Å². The highest BCUT2D eigenvalue weighted by Gasteiger charge is 2.30. The largest absolute Gasteiger partial charge is 0.472 e. The van der Waals surface area contributed by atoms with E-state index in [9.17, 15) is 43.2 Å². The Morgan fingerprint density at radius 3 is 0.689 bits per heavy atom. The van der Waals surface area contributed by atoms with Crippen LogP contribution in [-0.2, 0) is 65.4 Å². The number of phosphoric ester groups is 2. The predicted octanol–water partition coefficient (Wildman–Crippen LogP) is 20.1. The van der Waals surface area contributed by atoms with Gasteiger partial charge in [-0.05, 0) is 49.4 Å². The fraction of sp³-hybridized carbons (Fsp3) is 0.944. The molecule has 0 heterocycles. The number of carbonyl (C=O) groups excluding carboxylic acids is 4. The van der Waals surface area contributed by atoms with Crippen LogP contribution in [0.15, 0.2) is 0 Å². The molecule has 5 atom stereocenters. The number of hydrogen-bond acceptors (Lipinski definition) is 15. The standard InChI is InChI=1S/C71H138O17P2/c1-61(2)47-39-31-23-17-13-10-9-11-15-19-27-35-43-51-68(73)81-57-67(88-71(76)54-46-38-30-22-26-34-42-50-64(7)8)60-86-90(79,80)84-56-65(72)55-83-89(77,78)85-59-66(58-82-69(74)52-44-36-29-21-25-33-41-49-63(5)6)87-70(75)53-45-37-28-20-16-12-14-18-24-32-40-48-62(3)4/h61-67,72H,9-60H2,1-8H3,(H,77,78)(H,79,80)/t65?,66-,67-/m1/s1. The van der Waals surface area contributed by atoms with Crippen molar-refractivity contribution in [3.05, 3.63) is 0 Å². The number of unbranched alkanes of at least 4 members (excludes halogenated alkanes) is 34. The Kier molecular flexibility index (Phi) is 59.4. The van der Waals surface area contributed by atoms with E-state index in [2.05, 4.69) is 55.4 Å². The summed E-state index contributed by atoms with van der Waals surface area (Å²) in [7, 11) is -9.90. The topological polar surface area (TPSA) is 237 Å². The Morgan fingerprint density at radius 1 is 0.278 bits per heavy atom. The molecule has 0 amide bonds. The summed E-state index contributed by atoms with van der Waals surface area (Å²) in [5, 5.41) is 10.6. The Hall–Kier alpha value is -1.94. The van der Waals surface area contributed by atoms with Gasteiger partial charge in [0.15, 0.2) is 12.2 Å². The first-order valence-corrected chi connectivity index (χ1v) is 39.7. The lowest BCUT2D eigenvalue weighted by Crippen LogP contribution is -2.30. The lowest BCUT2D eigenvalue weighted by Gasteiger charge is -2.21. The third kappa shape index (κ3) is 64.8. The van der Waals surface area contributed by atoms with Gasteiger partial charge in [-0.3, -0.25) is 37.3 Å². The van der Waals surface area contributed by atoms with Crippen LogP contribution < -0.4 is 0 Å². The molecule has 0 aromatic heterocycles. The van der Waals surface area contributed by atoms with Crippen LogP contribution in [0.3, 0.4) is 0 Å². The van der Waals surface area contributed by atoms with Crippen molar-refractivity contribution in [1.29, 1.82) is 0 Å². The summed E-state index contributed by atoms with van der Waals surface area (Å²) in [6.45, 7) is 14.1. The van der Waals surface area contributed by atoms with Crippen molar-refractivity contribution >= 4 is 39.5 Å². The van der Waals surface area contributed by atoms with Gasteiger partial charge in [-0.2, -0.15) is 0 Å². The van der Waals surface area contributed by atoms with E-state index in [0.29, 0.717) is 37.5 Å². The van der Waals surface area contributed by atoms with Crippen LogP contribution in [-0.4, -0.2) is 96.7 Å². The summed E-state index contributed by atoms with van der Waals surface area (Å²) in [5.74, 6) is 0.827. The molecule has 0 fully saturated rings. The van der Waals surface area contributed by atoms with E-state index in [0.717, 1.165) is 108 Å². The molecule has 0 saturated carbocycles. The minimum atomic E-state index is -4.95. The average Bonchev–Trinajstić information content (AvgIpc) is 2.87. The molecule has 0 aliphatic heterocycles. The summed E-state index contributed by atoms with van der Waals surface area (Å²) in [6.07, 6.45) is 43.2. The van der Waals surface area contributed by atoms with Gasteiger partial charge in [0.2, 0.25) is 0 Å². The van der Waals surface area contributed by atoms with Gasteiger partial charge < -0.3 is 33.8 Å². The summed E-state index contributed by atoms with van der Waals surface area (Å²) < 4.78 is 68.3. The third-order valence-electron chi connectivity index (χ3n) is 16.3. The molecule has 0 aromatic rings.